The van der Waals surface area contributed by atoms with Crippen molar-refractivity contribution in [3.63, 3.8) is 0 Å². The van der Waals surface area contributed by atoms with E-state index in [-0.39, 0.29) is 5.41 Å². The first-order valence-corrected chi connectivity index (χ1v) is 8.41. The van der Waals surface area contributed by atoms with Gasteiger partial charge in [-0.1, -0.05) is 58.4 Å². The Morgan fingerprint density at radius 2 is 1.55 bits per heavy atom. The van der Waals surface area contributed by atoms with Gasteiger partial charge in [-0.25, -0.2) is 0 Å². The summed E-state index contributed by atoms with van der Waals surface area (Å²) >= 11 is 0. The number of aliphatic hydroxyl groups is 1. The molecule has 2 heteroatoms. The predicted molar refractivity (Wildman–Crippen MR) is 84.7 cm³/mol. The van der Waals surface area contributed by atoms with E-state index >= 15 is 0 Å². The van der Waals surface area contributed by atoms with Crippen LogP contribution in [0.5, 0.6) is 0 Å². The van der Waals surface area contributed by atoms with Crippen molar-refractivity contribution >= 4 is 5.78 Å². The molecule has 0 aliphatic heterocycles. The summed E-state index contributed by atoms with van der Waals surface area (Å²) in [4.78, 5) is 11.9. The third kappa shape index (κ3) is 7.23. The van der Waals surface area contributed by atoms with Crippen molar-refractivity contribution in [1.29, 1.82) is 0 Å². The van der Waals surface area contributed by atoms with Crippen LogP contribution in [0, 0.1) is 5.41 Å². The highest BCUT2D eigenvalue weighted by atomic mass is 16.2. The van der Waals surface area contributed by atoms with Crippen molar-refractivity contribution in [3.8, 4) is 0 Å². The number of hydrogen-bond acceptors (Lipinski definition) is 2. The van der Waals surface area contributed by atoms with E-state index < -0.39 is 0 Å². The van der Waals surface area contributed by atoms with E-state index in [1.165, 1.54) is 32.1 Å². The summed E-state index contributed by atoms with van der Waals surface area (Å²) in [6.45, 7) is 4.79. The SMILES string of the molecule is CC1(C)C=C(CCCCCCCCCCO)C(=O)CC1. The van der Waals surface area contributed by atoms with Crippen LogP contribution in [-0.2, 0) is 4.79 Å². The number of carbonyl (C=O) groups excluding carboxylic acids is 1. The van der Waals surface area contributed by atoms with Crippen LogP contribution in [0.2, 0.25) is 0 Å². The zero-order valence-electron chi connectivity index (χ0n) is 13.4. The Morgan fingerprint density at radius 1 is 1.00 bits per heavy atom. The van der Waals surface area contributed by atoms with Crippen molar-refractivity contribution in [2.24, 2.45) is 5.41 Å². The summed E-state index contributed by atoms with van der Waals surface area (Å²) in [5.41, 5.74) is 1.31. The molecule has 116 valence electrons. The quantitative estimate of drug-likeness (QED) is 0.583. The van der Waals surface area contributed by atoms with Gasteiger partial charge in [0.15, 0.2) is 5.78 Å². The largest absolute Gasteiger partial charge is 0.396 e. The summed E-state index contributed by atoms with van der Waals surface area (Å²) in [5, 5.41) is 8.69. The Labute approximate surface area is 124 Å². The lowest BCUT2D eigenvalue weighted by molar-refractivity contribution is -0.116. The molecule has 0 saturated heterocycles. The first kappa shape index (κ1) is 17.4. The maximum atomic E-state index is 11.9. The van der Waals surface area contributed by atoms with Gasteiger partial charge < -0.3 is 5.11 Å². The normalized spacial score (nSPS) is 18.1. The molecule has 1 N–H and O–H groups in total. The van der Waals surface area contributed by atoms with Gasteiger partial charge in [-0.3, -0.25) is 4.79 Å². The smallest absolute Gasteiger partial charge is 0.158 e. The molecule has 2 nitrogen and oxygen atoms in total. The standard InChI is InChI=1S/C18H32O2/c1-18(2)13-12-17(20)16(15-18)11-9-7-5-3-4-6-8-10-14-19/h15,19H,3-14H2,1-2H3. The van der Waals surface area contributed by atoms with Crippen LogP contribution in [0.4, 0.5) is 0 Å². The third-order valence-corrected chi connectivity index (χ3v) is 4.27. The molecule has 0 fully saturated rings. The van der Waals surface area contributed by atoms with Crippen molar-refractivity contribution in [2.45, 2.75) is 84.5 Å². The molecule has 0 bridgehead atoms. The topological polar surface area (TPSA) is 37.3 Å². The molecular weight excluding hydrogens is 248 g/mol. The molecule has 0 radical (unpaired) electrons. The van der Waals surface area contributed by atoms with Crippen LogP contribution in [0.1, 0.15) is 84.5 Å². The molecule has 0 aromatic rings. The lowest BCUT2D eigenvalue weighted by Crippen LogP contribution is -2.19. The van der Waals surface area contributed by atoms with Gasteiger partial charge in [0.1, 0.15) is 0 Å². The monoisotopic (exact) mass is 280 g/mol. The highest BCUT2D eigenvalue weighted by molar-refractivity contribution is 5.96. The minimum atomic E-state index is 0.218. The molecule has 0 aromatic heterocycles. The molecule has 0 saturated carbocycles. The van der Waals surface area contributed by atoms with Gasteiger partial charge in [0.25, 0.3) is 0 Å². The highest BCUT2D eigenvalue weighted by Crippen LogP contribution is 2.33. The zero-order valence-corrected chi connectivity index (χ0v) is 13.4. The summed E-state index contributed by atoms with van der Waals surface area (Å²) in [6.07, 6.45) is 14.6. The first-order chi connectivity index (χ1) is 9.55. The van der Waals surface area contributed by atoms with Gasteiger partial charge in [-0.15, -0.1) is 0 Å². The van der Waals surface area contributed by atoms with E-state index in [0.29, 0.717) is 12.4 Å². The number of rotatable bonds is 10. The molecule has 0 unspecified atom stereocenters. The molecule has 0 heterocycles. The van der Waals surface area contributed by atoms with E-state index in [9.17, 15) is 4.79 Å². The molecule has 0 atom stereocenters. The highest BCUT2D eigenvalue weighted by Gasteiger charge is 2.25. The van der Waals surface area contributed by atoms with Crippen LogP contribution in [0.15, 0.2) is 11.6 Å². The fourth-order valence-electron chi connectivity index (χ4n) is 2.92. The average Bonchev–Trinajstić information content (AvgIpc) is 2.40. The number of unbranched alkanes of at least 4 members (excludes halogenated alkanes) is 7. The minimum Gasteiger partial charge on any atom is -0.396 e. The van der Waals surface area contributed by atoms with Crippen molar-refractivity contribution in [1.82, 2.24) is 0 Å². The molecular formula is C18H32O2. The number of carbonyl (C=O) groups is 1. The van der Waals surface area contributed by atoms with Crippen LogP contribution < -0.4 is 0 Å². The molecule has 20 heavy (non-hydrogen) atoms. The Hall–Kier alpha value is -0.630. The van der Waals surface area contributed by atoms with E-state index in [4.69, 9.17) is 5.11 Å². The Morgan fingerprint density at radius 3 is 2.15 bits per heavy atom. The molecule has 0 aromatic carbocycles. The van der Waals surface area contributed by atoms with Gasteiger partial charge in [0.05, 0.1) is 0 Å². The summed E-state index contributed by atoms with van der Waals surface area (Å²) in [5.74, 6) is 0.383. The maximum absolute atomic E-state index is 11.9. The second kappa shape index (κ2) is 9.33. The molecule has 0 amide bonds. The van der Waals surface area contributed by atoms with Gasteiger partial charge in [0, 0.05) is 13.0 Å². The third-order valence-electron chi connectivity index (χ3n) is 4.27. The Balaban J connectivity index is 2.06. The molecule has 1 aliphatic carbocycles. The van der Waals surface area contributed by atoms with Crippen LogP contribution >= 0.6 is 0 Å². The average molecular weight is 280 g/mol. The second-order valence-corrected chi connectivity index (χ2v) is 6.88. The van der Waals surface area contributed by atoms with Crippen molar-refractivity contribution < 1.29 is 9.90 Å². The lowest BCUT2D eigenvalue weighted by atomic mass is 9.78. The number of aliphatic hydroxyl groups excluding tert-OH is 1. The number of ketones is 1. The molecule has 0 spiro atoms. The summed E-state index contributed by atoms with van der Waals surface area (Å²) in [6, 6.07) is 0. The number of Topliss-reactive ketones (excluding diaryl/α,β-unsaturated/α-hetero) is 1. The fourth-order valence-corrected chi connectivity index (χ4v) is 2.92. The van der Waals surface area contributed by atoms with E-state index in [1.807, 2.05) is 0 Å². The van der Waals surface area contributed by atoms with Gasteiger partial charge in [0.2, 0.25) is 0 Å². The van der Waals surface area contributed by atoms with Crippen molar-refractivity contribution in [3.05, 3.63) is 11.6 Å². The summed E-state index contributed by atoms with van der Waals surface area (Å²) in [7, 11) is 0. The minimum absolute atomic E-state index is 0.218. The van der Waals surface area contributed by atoms with Crippen LogP contribution in [0.25, 0.3) is 0 Å². The van der Waals surface area contributed by atoms with E-state index in [0.717, 1.165) is 44.1 Å². The number of hydrogen-bond donors (Lipinski definition) is 1. The number of allylic oxidation sites excluding steroid dienone is 2. The van der Waals surface area contributed by atoms with E-state index in [1.54, 1.807) is 0 Å². The molecule has 1 rings (SSSR count). The van der Waals surface area contributed by atoms with Crippen LogP contribution in [-0.4, -0.2) is 17.5 Å². The second-order valence-electron chi connectivity index (χ2n) is 6.88. The zero-order chi connectivity index (χ0) is 14.8. The van der Waals surface area contributed by atoms with Gasteiger partial charge in [-0.05, 0) is 36.7 Å². The summed E-state index contributed by atoms with van der Waals surface area (Å²) < 4.78 is 0. The van der Waals surface area contributed by atoms with Crippen LogP contribution in [0.3, 0.4) is 0 Å². The Bertz CT molecular complexity index is 315. The van der Waals surface area contributed by atoms with E-state index in [2.05, 4.69) is 19.9 Å². The van der Waals surface area contributed by atoms with Crippen molar-refractivity contribution in [2.75, 3.05) is 6.61 Å². The maximum Gasteiger partial charge on any atom is 0.158 e. The Kier molecular flexibility index (Phi) is 8.13. The fraction of sp³-hybridized carbons (Fsp3) is 0.833. The lowest BCUT2D eigenvalue weighted by Gasteiger charge is -2.26. The van der Waals surface area contributed by atoms with Gasteiger partial charge >= 0.3 is 0 Å². The molecule has 1 aliphatic rings. The first-order valence-electron chi connectivity index (χ1n) is 8.41. The van der Waals surface area contributed by atoms with Gasteiger partial charge in [-0.2, -0.15) is 0 Å². The predicted octanol–water partition coefficient (Wildman–Crippen LogP) is 4.81.